The molecule has 2 aliphatic heterocycles. The summed E-state index contributed by atoms with van der Waals surface area (Å²) in [5.74, 6) is 0.320. The lowest BCUT2D eigenvalue weighted by atomic mass is 10.1. The Hall–Kier alpha value is -1.74. The van der Waals surface area contributed by atoms with E-state index in [1.54, 1.807) is 0 Å². The zero-order valence-corrected chi connectivity index (χ0v) is 32.5. The molecule has 50 heavy (non-hydrogen) atoms. The number of hydrogen-bond donors (Lipinski definition) is 4. The molecule has 4 atom stereocenters. The van der Waals surface area contributed by atoms with Gasteiger partial charge in [0.25, 0.3) is 0 Å². The van der Waals surface area contributed by atoms with Gasteiger partial charge in [-0.3, -0.25) is 9.59 Å². The average molecular weight is 703 g/mol. The second-order valence-electron chi connectivity index (χ2n) is 14.6. The largest absolute Gasteiger partial charge is 0.369 e. The number of carbonyl (C=O) groups excluding carboxylic acids is 2. The van der Waals surface area contributed by atoms with Crippen LogP contribution in [-0.2, 0) is 19.1 Å². The van der Waals surface area contributed by atoms with Gasteiger partial charge in [0.15, 0.2) is 0 Å². The van der Waals surface area contributed by atoms with Gasteiger partial charge in [-0.05, 0) is 64.2 Å². The van der Waals surface area contributed by atoms with Crippen LogP contribution in [0.2, 0.25) is 0 Å². The van der Waals surface area contributed by atoms with E-state index in [0.717, 1.165) is 77.5 Å². The van der Waals surface area contributed by atoms with E-state index in [0.29, 0.717) is 50.3 Å². The van der Waals surface area contributed by atoms with E-state index in [-0.39, 0.29) is 11.8 Å². The van der Waals surface area contributed by atoms with Crippen molar-refractivity contribution in [1.82, 2.24) is 21.3 Å². The van der Waals surface area contributed by atoms with Crippen molar-refractivity contribution in [2.24, 2.45) is 0 Å². The maximum absolute atomic E-state index is 12.1. The van der Waals surface area contributed by atoms with Crippen LogP contribution in [0.3, 0.4) is 0 Å². The molecule has 0 aromatic carbocycles. The highest BCUT2D eigenvalue weighted by Crippen LogP contribution is 2.31. The fraction of sp³-hybridized carbons (Fsp3) is 0.857. The Bertz CT molecular complexity index is 812. The summed E-state index contributed by atoms with van der Waals surface area (Å²) >= 11 is 0. The molecule has 0 aromatic heterocycles. The zero-order valence-electron chi connectivity index (χ0n) is 32.5. The van der Waals surface area contributed by atoms with Crippen LogP contribution in [0.1, 0.15) is 168 Å². The van der Waals surface area contributed by atoms with Crippen molar-refractivity contribution in [2.75, 3.05) is 39.3 Å². The number of amides is 2. The first-order valence-corrected chi connectivity index (χ1v) is 21.2. The first-order valence-electron chi connectivity index (χ1n) is 21.2. The second kappa shape index (κ2) is 32.0. The summed E-state index contributed by atoms with van der Waals surface area (Å²) in [4.78, 5) is 24.1. The minimum absolute atomic E-state index is 0.160. The van der Waals surface area contributed by atoms with Gasteiger partial charge >= 0.3 is 0 Å². The van der Waals surface area contributed by atoms with E-state index in [1.165, 1.54) is 89.9 Å². The van der Waals surface area contributed by atoms with Crippen molar-refractivity contribution in [3.63, 3.8) is 0 Å². The highest BCUT2D eigenvalue weighted by atomic mass is 16.6. The predicted octanol–water partition coefficient (Wildman–Crippen LogP) is 8.45. The minimum Gasteiger partial charge on any atom is -0.369 e. The Kier molecular flexibility index (Phi) is 28.4. The van der Waals surface area contributed by atoms with Crippen molar-refractivity contribution in [1.29, 1.82) is 0 Å². The number of hydrogen-bond acceptors (Lipinski definition) is 6. The Morgan fingerprint density at radius 3 is 1.30 bits per heavy atom. The quantitative estimate of drug-likeness (QED) is 0.0294. The molecular weight excluding hydrogens is 624 g/mol. The van der Waals surface area contributed by atoms with Crippen molar-refractivity contribution in [3.8, 4) is 0 Å². The lowest BCUT2D eigenvalue weighted by molar-refractivity contribution is -0.122. The second-order valence-corrected chi connectivity index (χ2v) is 14.6. The lowest BCUT2D eigenvalue weighted by Gasteiger charge is -2.09. The molecule has 2 saturated heterocycles. The van der Waals surface area contributed by atoms with Gasteiger partial charge < -0.3 is 30.7 Å². The molecule has 2 rings (SSSR count). The fourth-order valence-corrected chi connectivity index (χ4v) is 6.51. The minimum atomic E-state index is 0.160. The molecule has 0 aliphatic carbocycles. The van der Waals surface area contributed by atoms with Gasteiger partial charge in [0, 0.05) is 52.1 Å². The third-order valence-electron chi connectivity index (χ3n) is 9.91. The van der Waals surface area contributed by atoms with Crippen LogP contribution in [0.25, 0.3) is 0 Å². The highest BCUT2D eigenvalue weighted by molar-refractivity contribution is 5.76. The summed E-state index contributed by atoms with van der Waals surface area (Å²) < 4.78 is 11.5. The highest BCUT2D eigenvalue weighted by Gasteiger charge is 2.37. The van der Waals surface area contributed by atoms with E-state index in [4.69, 9.17) is 9.47 Å². The molecule has 0 saturated carbocycles. The van der Waals surface area contributed by atoms with E-state index in [1.807, 2.05) is 0 Å². The van der Waals surface area contributed by atoms with Crippen molar-refractivity contribution < 1.29 is 19.1 Å². The molecule has 0 bridgehead atoms. The molecule has 0 radical (unpaired) electrons. The molecule has 2 amide bonds. The van der Waals surface area contributed by atoms with Crippen LogP contribution in [0.15, 0.2) is 24.3 Å². The lowest BCUT2D eigenvalue weighted by Crippen LogP contribution is -2.37. The van der Waals surface area contributed by atoms with Gasteiger partial charge in [0.1, 0.15) is 0 Å². The van der Waals surface area contributed by atoms with Crippen LogP contribution < -0.4 is 21.3 Å². The van der Waals surface area contributed by atoms with Crippen molar-refractivity contribution in [3.05, 3.63) is 24.3 Å². The van der Waals surface area contributed by atoms with Gasteiger partial charge in [0.05, 0.1) is 24.4 Å². The number of epoxide rings is 2. The van der Waals surface area contributed by atoms with E-state index in [2.05, 4.69) is 59.4 Å². The van der Waals surface area contributed by atoms with Gasteiger partial charge in [-0.1, -0.05) is 115 Å². The summed E-state index contributed by atoms with van der Waals surface area (Å²) in [6.07, 6.45) is 38.9. The summed E-state index contributed by atoms with van der Waals surface area (Å²) in [5.41, 5.74) is 0. The van der Waals surface area contributed by atoms with Crippen LogP contribution in [0.5, 0.6) is 0 Å². The third-order valence-corrected chi connectivity index (χ3v) is 9.91. The first-order chi connectivity index (χ1) is 24.6. The van der Waals surface area contributed by atoms with Gasteiger partial charge in [0.2, 0.25) is 11.8 Å². The van der Waals surface area contributed by atoms with Gasteiger partial charge in [-0.2, -0.15) is 0 Å². The number of ether oxygens (including phenoxy) is 2. The van der Waals surface area contributed by atoms with E-state index >= 15 is 0 Å². The average Bonchev–Trinajstić information content (AvgIpc) is 4.04. The molecule has 2 aliphatic rings. The molecule has 8 heteroatoms. The summed E-state index contributed by atoms with van der Waals surface area (Å²) in [5, 5.41) is 12.7. The van der Waals surface area contributed by atoms with E-state index < -0.39 is 0 Å². The van der Waals surface area contributed by atoms with Crippen LogP contribution in [-0.4, -0.2) is 75.5 Å². The van der Waals surface area contributed by atoms with Crippen molar-refractivity contribution >= 4 is 11.8 Å². The molecule has 2 heterocycles. The number of unbranched alkanes of at least 4 members (excludes halogenated alkanes) is 14. The zero-order chi connectivity index (χ0) is 35.7. The summed E-state index contributed by atoms with van der Waals surface area (Å²) in [7, 11) is 0. The Balaban J connectivity index is 1.21. The Morgan fingerprint density at radius 2 is 0.860 bits per heavy atom. The third kappa shape index (κ3) is 27.0. The molecule has 4 unspecified atom stereocenters. The smallest absolute Gasteiger partial charge is 0.220 e. The number of nitrogens with one attached hydrogen (secondary N) is 4. The number of carbonyl (C=O) groups is 2. The predicted molar refractivity (Wildman–Crippen MR) is 210 cm³/mol. The SMILES string of the molecule is CCCCCC1OC1CC=CCCCCCCCC(=O)NCCNCCNCCNC(=O)CCCCCCCC=CCC1OC1CCCCC. The molecule has 4 N–H and O–H groups in total. The standard InChI is InChI=1S/C42H78N4O4/c1-3-5-19-25-37-39(49-37)27-21-15-11-7-9-13-17-23-29-41(47)45-35-33-43-31-32-44-34-36-46-42(48)30-24-18-14-10-8-12-16-22-28-40-38(50-40)26-20-6-4-2/h15-16,21-22,37-40,43-44H,3-14,17-20,23-36H2,1-2H3,(H,45,47)(H,46,48). The molecule has 290 valence electrons. The summed E-state index contributed by atoms with van der Waals surface area (Å²) in [6.45, 7) is 9.07. The first kappa shape index (κ1) is 44.4. The monoisotopic (exact) mass is 703 g/mol. The van der Waals surface area contributed by atoms with Crippen LogP contribution in [0, 0.1) is 0 Å². The van der Waals surface area contributed by atoms with E-state index in [9.17, 15) is 9.59 Å². The number of allylic oxidation sites excluding steroid dienone is 2. The van der Waals surface area contributed by atoms with Crippen LogP contribution in [0.4, 0.5) is 0 Å². The van der Waals surface area contributed by atoms with Gasteiger partial charge in [-0.25, -0.2) is 0 Å². The molecule has 0 aromatic rings. The summed E-state index contributed by atoms with van der Waals surface area (Å²) in [6, 6.07) is 0. The molecule has 8 nitrogen and oxygen atoms in total. The Labute approximate surface area is 307 Å². The fourth-order valence-electron chi connectivity index (χ4n) is 6.51. The maximum atomic E-state index is 12.1. The molecule has 0 spiro atoms. The topological polar surface area (TPSA) is 107 Å². The number of rotatable bonds is 37. The molecule has 2 fully saturated rings. The van der Waals surface area contributed by atoms with Gasteiger partial charge in [-0.15, -0.1) is 0 Å². The van der Waals surface area contributed by atoms with Crippen LogP contribution >= 0.6 is 0 Å². The normalized spacial score (nSPS) is 19.8. The Morgan fingerprint density at radius 1 is 0.460 bits per heavy atom. The molecular formula is C42H78N4O4. The maximum Gasteiger partial charge on any atom is 0.220 e. The van der Waals surface area contributed by atoms with Crippen molar-refractivity contribution in [2.45, 2.75) is 192 Å².